The monoisotopic (exact) mass is 322 g/mol. The number of hydrogen-bond donors (Lipinski definition) is 0. The number of halogens is 1. The van der Waals surface area contributed by atoms with Crippen LogP contribution in [0.15, 0.2) is 49.2 Å². The molecule has 0 radical (unpaired) electrons. The van der Waals surface area contributed by atoms with Crippen molar-refractivity contribution in [2.24, 2.45) is 0 Å². The van der Waals surface area contributed by atoms with E-state index in [2.05, 4.69) is 31.4 Å². The Hall–Kier alpha value is -3.09. The largest absolute Gasteiger partial charge is 0.325 e. The van der Waals surface area contributed by atoms with Crippen LogP contribution >= 0.6 is 0 Å². The smallest absolute Gasteiger partial charge is 0.162 e. The average Bonchev–Trinajstić information content (AvgIpc) is 3.19. The van der Waals surface area contributed by atoms with Gasteiger partial charge in [-0.05, 0) is 25.1 Å². The molecule has 0 spiro atoms. The van der Waals surface area contributed by atoms with Crippen LogP contribution < -0.4 is 0 Å². The number of nitrogens with zero attached hydrogens (tertiary/aromatic N) is 6. The van der Waals surface area contributed by atoms with Crippen LogP contribution in [0.25, 0.3) is 22.6 Å². The molecule has 0 saturated carbocycles. The third-order valence-corrected chi connectivity index (χ3v) is 3.94. The maximum Gasteiger partial charge on any atom is 0.162 e. The Labute approximate surface area is 137 Å². The molecular formula is C17H15FN6. The van der Waals surface area contributed by atoms with Crippen molar-refractivity contribution < 1.29 is 4.39 Å². The van der Waals surface area contributed by atoms with Gasteiger partial charge in [-0.3, -0.25) is 4.98 Å². The van der Waals surface area contributed by atoms with E-state index >= 15 is 0 Å². The van der Waals surface area contributed by atoms with Gasteiger partial charge in [-0.2, -0.15) is 0 Å². The van der Waals surface area contributed by atoms with Gasteiger partial charge in [0, 0.05) is 31.3 Å². The van der Waals surface area contributed by atoms with Crippen LogP contribution in [0.2, 0.25) is 0 Å². The predicted molar refractivity (Wildman–Crippen MR) is 87.7 cm³/mol. The van der Waals surface area contributed by atoms with E-state index in [9.17, 15) is 4.39 Å². The fourth-order valence-corrected chi connectivity index (χ4v) is 2.85. The summed E-state index contributed by atoms with van der Waals surface area (Å²) in [5.74, 6) is 0.968. The standard InChI is InChI=1S/C17H15FN6/c1-2-24-14-10-19-7-5-13(14)22-15(24)11-23-9-8-21-17(23)16-12(18)4-3-6-20-16/h3-10H,2,11H2,1H3. The third kappa shape index (κ3) is 2.34. The van der Waals surface area contributed by atoms with Crippen LogP contribution in [0.5, 0.6) is 0 Å². The molecule has 0 amide bonds. The van der Waals surface area contributed by atoms with Gasteiger partial charge in [-0.15, -0.1) is 0 Å². The Kier molecular flexibility index (Phi) is 3.53. The number of hydrogen-bond acceptors (Lipinski definition) is 4. The molecule has 24 heavy (non-hydrogen) atoms. The zero-order valence-electron chi connectivity index (χ0n) is 13.1. The molecule has 6 nitrogen and oxygen atoms in total. The van der Waals surface area contributed by atoms with Crippen LogP contribution in [0.4, 0.5) is 4.39 Å². The van der Waals surface area contributed by atoms with Crippen molar-refractivity contribution in [3.63, 3.8) is 0 Å². The molecule has 0 aromatic carbocycles. The lowest BCUT2D eigenvalue weighted by atomic mass is 10.3. The van der Waals surface area contributed by atoms with E-state index in [1.807, 2.05) is 16.8 Å². The summed E-state index contributed by atoms with van der Waals surface area (Å²) in [5.41, 5.74) is 2.12. The normalized spacial score (nSPS) is 11.2. The second-order valence-corrected chi connectivity index (χ2v) is 5.35. The second kappa shape index (κ2) is 5.84. The molecule has 0 bridgehead atoms. The highest BCUT2D eigenvalue weighted by Crippen LogP contribution is 2.21. The van der Waals surface area contributed by atoms with E-state index in [-0.39, 0.29) is 5.69 Å². The Morgan fingerprint density at radius 2 is 2.04 bits per heavy atom. The van der Waals surface area contributed by atoms with E-state index in [4.69, 9.17) is 0 Å². The van der Waals surface area contributed by atoms with Gasteiger partial charge in [0.05, 0.1) is 23.8 Å². The summed E-state index contributed by atoms with van der Waals surface area (Å²) in [6.07, 6.45) is 8.54. The van der Waals surface area contributed by atoms with Gasteiger partial charge in [-0.1, -0.05) is 0 Å². The molecule has 4 rings (SSSR count). The maximum absolute atomic E-state index is 14.0. The molecular weight excluding hydrogens is 307 g/mol. The lowest BCUT2D eigenvalue weighted by Crippen LogP contribution is -2.09. The van der Waals surface area contributed by atoms with Crippen molar-refractivity contribution in [3.05, 3.63) is 60.8 Å². The van der Waals surface area contributed by atoms with Gasteiger partial charge in [-0.25, -0.2) is 19.3 Å². The van der Waals surface area contributed by atoms with Gasteiger partial charge in [0.2, 0.25) is 0 Å². The highest BCUT2D eigenvalue weighted by Gasteiger charge is 2.15. The number of fused-ring (bicyclic) bond motifs is 1. The van der Waals surface area contributed by atoms with Crippen molar-refractivity contribution in [2.75, 3.05) is 0 Å². The lowest BCUT2D eigenvalue weighted by Gasteiger charge is -2.09. The Balaban J connectivity index is 1.78. The average molecular weight is 322 g/mol. The van der Waals surface area contributed by atoms with E-state index in [1.54, 1.807) is 30.9 Å². The van der Waals surface area contributed by atoms with E-state index < -0.39 is 5.82 Å². The van der Waals surface area contributed by atoms with E-state index in [1.165, 1.54) is 6.07 Å². The first-order valence-corrected chi connectivity index (χ1v) is 7.69. The SMILES string of the molecule is CCn1c(Cn2ccnc2-c2ncccc2F)nc2ccncc21. The van der Waals surface area contributed by atoms with Crippen LogP contribution in [0.3, 0.4) is 0 Å². The first-order chi connectivity index (χ1) is 11.8. The van der Waals surface area contributed by atoms with Crippen LogP contribution in [-0.4, -0.2) is 29.1 Å². The quantitative estimate of drug-likeness (QED) is 0.579. The minimum Gasteiger partial charge on any atom is -0.325 e. The van der Waals surface area contributed by atoms with Gasteiger partial charge >= 0.3 is 0 Å². The first kappa shape index (κ1) is 14.5. The van der Waals surface area contributed by atoms with Crippen molar-refractivity contribution >= 4 is 11.0 Å². The molecule has 4 aromatic rings. The van der Waals surface area contributed by atoms with Crippen molar-refractivity contribution in [1.82, 2.24) is 29.1 Å². The Bertz CT molecular complexity index is 1000. The van der Waals surface area contributed by atoms with Gasteiger partial charge in [0.25, 0.3) is 0 Å². The molecule has 7 heteroatoms. The number of aromatic nitrogens is 6. The van der Waals surface area contributed by atoms with Crippen LogP contribution in [0, 0.1) is 5.82 Å². The minimum absolute atomic E-state index is 0.239. The van der Waals surface area contributed by atoms with E-state index in [0.717, 1.165) is 23.4 Å². The zero-order valence-corrected chi connectivity index (χ0v) is 13.1. The maximum atomic E-state index is 14.0. The summed E-state index contributed by atoms with van der Waals surface area (Å²) >= 11 is 0. The number of aryl methyl sites for hydroxylation is 1. The number of rotatable bonds is 4. The highest BCUT2D eigenvalue weighted by atomic mass is 19.1. The topological polar surface area (TPSA) is 61.4 Å². The summed E-state index contributed by atoms with van der Waals surface area (Å²) in [6.45, 7) is 3.32. The third-order valence-electron chi connectivity index (χ3n) is 3.94. The first-order valence-electron chi connectivity index (χ1n) is 7.69. The molecule has 0 atom stereocenters. The minimum atomic E-state index is -0.391. The van der Waals surface area contributed by atoms with Crippen LogP contribution in [-0.2, 0) is 13.1 Å². The molecule has 0 saturated heterocycles. The van der Waals surface area contributed by atoms with Crippen molar-refractivity contribution in [1.29, 1.82) is 0 Å². The predicted octanol–water partition coefficient (Wildman–Crippen LogP) is 2.90. The van der Waals surface area contributed by atoms with Gasteiger partial charge < -0.3 is 9.13 Å². The lowest BCUT2D eigenvalue weighted by molar-refractivity contribution is 0.618. The fourth-order valence-electron chi connectivity index (χ4n) is 2.85. The van der Waals surface area contributed by atoms with Crippen LogP contribution in [0.1, 0.15) is 12.7 Å². The van der Waals surface area contributed by atoms with Gasteiger partial charge in [0.1, 0.15) is 11.5 Å². The molecule has 0 unspecified atom stereocenters. The molecule has 0 N–H and O–H groups in total. The number of imidazole rings is 2. The molecule has 0 aliphatic rings. The van der Waals surface area contributed by atoms with Gasteiger partial charge in [0.15, 0.2) is 11.6 Å². The number of pyridine rings is 2. The Morgan fingerprint density at radius 3 is 2.88 bits per heavy atom. The highest BCUT2D eigenvalue weighted by molar-refractivity contribution is 5.74. The molecule has 0 aliphatic heterocycles. The fraction of sp³-hybridized carbons (Fsp3) is 0.176. The van der Waals surface area contributed by atoms with Crippen molar-refractivity contribution in [2.45, 2.75) is 20.0 Å². The van der Waals surface area contributed by atoms with E-state index in [0.29, 0.717) is 12.4 Å². The summed E-state index contributed by atoms with van der Waals surface area (Å²) in [6, 6.07) is 4.84. The summed E-state index contributed by atoms with van der Waals surface area (Å²) in [4.78, 5) is 17.2. The summed E-state index contributed by atoms with van der Waals surface area (Å²) < 4.78 is 18.0. The Morgan fingerprint density at radius 1 is 1.12 bits per heavy atom. The molecule has 4 aromatic heterocycles. The molecule has 0 aliphatic carbocycles. The molecule has 4 heterocycles. The molecule has 0 fully saturated rings. The molecule has 120 valence electrons. The summed E-state index contributed by atoms with van der Waals surface area (Å²) in [7, 11) is 0. The second-order valence-electron chi connectivity index (χ2n) is 5.35. The van der Waals surface area contributed by atoms with Crippen molar-refractivity contribution in [3.8, 4) is 11.5 Å². The summed E-state index contributed by atoms with van der Waals surface area (Å²) in [5, 5.41) is 0. The zero-order chi connectivity index (χ0) is 16.5.